The molecule has 0 N–H and O–H groups in total. The highest BCUT2D eigenvalue weighted by Crippen LogP contribution is 2.32. The molecule has 198 valence electrons. The number of amides is 2. The first-order chi connectivity index (χ1) is 18.6. The number of anilines is 1. The number of benzene rings is 1. The quantitative estimate of drug-likeness (QED) is 0.483. The molecule has 0 saturated carbocycles. The van der Waals surface area contributed by atoms with Gasteiger partial charge in [-0.1, -0.05) is 18.2 Å². The molecule has 1 fully saturated rings. The van der Waals surface area contributed by atoms with E-state index in [1.54, 1.807) is 19.3 Å². The summed E-state index contributed by atoms with van der Waals surface area (Å²) in [6, 6.07) is 16.9. The predicted molar refractivity (Wildman–Crippen MR) is 148 cm³/mol. The van der Waals surface area contributed by atoms with Crippen LogP contribution in [0.2, 0.25) is 0 Å². The van der Waals surface area contributed by atoms with Gasteiger partial charge in [-0.15, -0.1) is 0 Å². The fraction of sp³-hybridized carbons (Fsp3) is 0.419. The molecule has 5 rings (SSSR count). The van der Waals surface area contributed by atoms with Crippen LogP contribution in [0.4, 0.5) is 5.69 Å². The van der Waals surface area contributed by atoms with E-state index in [0.717, 1.165) is 49.9 Å². The van der Waals surface area contributed by atoms with E-state index in [0.29, 0.717) is 32.1 Å². The Morgan fingerprint density at radius 2 is 1.55 bits per heavy atom. The Morgan fingerprint density at radius 1 is 0.868 bits per heavy atom. The molecule has 1 aromatic carbocycles. The summed E-state index contributed by atoms with van der Waals surface area (Å²) in [6.45, 7) is 4.36. The first-order valence-electron chi connectivity index (χ1n) is 13.8. The Kier molecular flexibility index (Phi) is 8.44. The van der Waals surface area contributed by atoms with Crippen LogP contribution in [0.15, 0.2) is 73.3 Å². The lowest BCUT2D eigenvalue weighted by Gasteiger charge is -2.34. The molecule has 4 heterocycles. The molecule has 2 amide bonds. The van der Waals surface area contributed by atoms with Gasteiger partial charge in [0.05, 0.1) is 0 Å². The van der Waals surface area contributed by atoms with Crippen molar-refractivity contribution in [3.05, 3.63) is 90.0 Å². The van der Waals surface area contributed by atoms with Crippen molar-refractivity contribution < 1.29 is 9.59 Å². The Labute approximate surface area is 225 Å². The van der Waals surface area contributed by atoms with E-state index in [1.807, 2.05) is 52.5 Å². The van der Waals surface area contributed by atoms with Crippen LogP contribution >= 0.6 is 0 Å². The van der Waals surface area contributed by atoms with Gasteiger partial charge in [-0.2, -0.15) is 0 Å². The van der Waals surface area contributed by atoms with Gasteiger partial charge in [0.25, 0.3) is 0 Å². The lowest BCUT2D eigenvalue weighted by Crippen LogP contribution is -2.45. The Hall–Kier alpha value is -3.58. The predicted octanol–water partition coefficient (Wildman–Crippen LogP) is 4.62. The molecule has 7 nitrogen and oxygen atoms in total. The van der Waals surface area contributed by atoms with Crippen LogP contribution in [-0.2, 0) is 29.1 Å². The number of para-hydroxylation sites is 1. The van der Waals surface area contributed by atoms with Crippen LogP contribution in [0.25, 0.3) is 0 Å². The van der Waals surface area contributed by atoms with Crippen molar-refractivity contribution in [3.8, 4) is 0 Å². The molecule has 7 heteroatoms. The molecule has 0 aliphatic carbocycles. The molecular formula is C31H37N5O2. The summed E-state index contributed by atoms with van der Waals surface area (Å²) in [5.41, 5.74) is 4.39. The minimum absolute atomic E-state index is 0.0437. The Balaban J connectivity index is 1.41. The van der Waals surface area contributed by atoms with Crippen molar-refractivity contribution in [2.45, 2.75) is 70.6 Å². The van der Waals surface area contributed by atoms with E-state index in [2.05, 4.69) is 33.1 Å². The average Bonchev–Trinajstić information content (AvgIpc) is 3.29. The lowest BCUT2D eigenvalue weighted by molar-refractivity contribution is -0.132. The molecule has 2 aromatic heterocycles. The van der Waals surface area contributed by atoms with Crippen molar-refractivity contribution in [1.82, 2.24) is 19.8 Å². The highest BCUT2D eigenvalue weighted by atomic mass is 16.2. The third kappa shape index (κ3) is 6.27. The molecule has 1 saturated heterocycles. The van der Waals surface area contributed by atoms with E-state index in [4.69, 9.17) is 0 Å². The number of hydrogen-bond acceptors (Lipinski definition) is 5. The number of pyridine rings is 2. The number of fused-ring (bicyclic) bond motifs is 3. The number of aromatic nitrogens is 2. The van der Waals surface area contributed by atoms with Crippen molar-refractivity contribution in [1.29, 1.82) is 0 Å². The first kappa shape index (κ1) is 26.0. The highest BCUT2D eigenvalue weighted by Gasteiger charge is 2.36. The van der Waals surface area contributed by atoms with Gasteiger partial charge in [0.1, 0.15) is 0 Å². The van der Waals surface area contributed by atoms with Gasteiger partial charge in [-0.05, 0) is 79.1 Å². The molecule has 3 aromatic rings. The smallest absolute Gasteiger partial charge is 0.223 e. The van der Waals surface area contributed by atoms with Crippen LogP contribution < -0.4 is 4.90 Å². The van der Waals surface area contributed by atoms with E-state index >= 15 is 0 Å². The SMILES string of the molecule is CC(=O)N1CCC2CCC(CN(C(=O)CCCc3ccncc3)Cc3ccccc31)N2Cc1ccncc1. The van der Waals surface area contributed by atoms with Crippen molar-refractivity contribution in [2.24, 2.45) is 0 Å². The maximum atomic E-state index is 13.7. The Bertz CT molecular complexity index is 1220. The molecule has 0 radical (unpaired) electrons. The fourth-order valence-electron chi connectivity index (χ4n) is 5.98. The summed E-state index contributed by atoms with van der Waals surface area (Å²) < 4.78 is 0. The van der Waals surface area contributed by atoms with Crippen LogP contribution in [0.3, 0.4) is 0 Å². The average molecular weight is 512 g/mol. The van der Waals surface area contributed by atoms with Gasteiger partial charge in [0.2, 0.25) is 11.8 Å². The van der Waals surface area contributed by atoms with Crippen molar-refractivity contribution >= 4 is 17.5 Å². The summed E-state index contributed by atoms with van der Waals surface area (Å²) in [6.07, 6.45) is 12.5. The zero-order valence-electron chi connectivity index (χ0n) is 22.2. The van der Waals surface area contributed by atoms with E-state index in [-0.39, 0.29) is 17.9 Å². The number of hydrogen-bond donors (Lipinski definition) is 0. The van der Waals surface area contributed by atoms with Crippen molar-refractivity contribution in [3.63, 3.8) is 0 Å². The van der Waals surface area contributed by atoms with Gasteiger partial charge in [0, 0.05) is 82.1 Å². The minimum atomic E-state index is 0.0437. The normalized spacial score (nSPS) is 20.0. The standard InChI is InChI=1S/C31H37N5O2/c1-24(37)35-20-15-28-9-10-29(36(28)21-26-13-18-33-19-14-26)23-34(22-27-6-2-3-7-30(27)35)31(38)8-4-5-25-11-16-32-17-12-25/h2-3,6-7,11-14,16-19,28-29H,4-5,8-10,15,20-23H2,1H3. The van der Waals surface area contributed by atoms with Crippen LogP contribution in [0.1, 0.15) is 55.7 Å². The van der Waals surface area contributed by atoms with Gasteiger partial charge in [0.15, 0.2) is 0 Å². The monoisotopic (exact) mass is 511 g/mol. The molecule has 2 aliphatic rings. The molecule has 2 aliphatic heterocycles. The van der Waals surface area contributed by atoms with Gasteiger partial charge < -0.3 is 9.80 Å². The summed E-state index contributed by atoms with van der Waals surface area (Å²) in [5, 5.41) is 0. The number of carbonyl (C=O) groups excluding carboxylic acids is 2. The summed E-state index contributed by atoms with van der Waals surface area (Å²) in [4.78, 5) is 41.3. The van der Waals surface area contributed by atoms with Crippen LogP contribution in [-0.4, -0.2) is 56.8 Å². The van der Waals surface area contributed by atoms with Gasteiger partial charge >= 0.3 is 0 Å². The molecule has 2 bridgehead atoms. The van der Waals surface area contributed by atoms with Crippen LogP contribution in [0, 0.1) is 0 Å². The third-order valence-corrected chi connectivity index (χ3v) is 7.98. The van der Waals surface area contributed by atoms with Crippen molar-refractivity contribution in [2.75, 3.05) is 18.0 Å². The lowest BCUT2D eigenvalue weighted by atomic mass is 10.1. The number of carbonyl (C=O) groups is 2. The van der Waals surface area contributed by atoms with Gasteiger partial charge in [-0.25, -0.2) is 0 Å². The second-order valence-corrected chi connectivity index (χ2v) is 10.5. The second kappa shape index (κ2) is 12.3. The number of nitrogens with zero attached hydrogens (tertiary/aromatic N) is 5. The fourth-order valence-corrected chi connectivity index (χ4v) is 5.98. The molecule has 0 spiro atoms. The Morgan fingerprint density at radius 3 is 2.29 bits per heavy atom. The molecule has 38 heavy (non-hydrogen) atoms. The zero-order valence-corrected chi connectivity index (χ0v) is 22.2. The molecule has 2 atom stereocenters. The highest BCUT2D eigenvalue weighted by molar-refractivity contribution is 5.92. The molecule has 2 unspecified atom stereocenters. The number of rotatable bonds is 6. The van der Waals surface area contributed by atoms with E-state index < -0.39 is 0 Å². The van der Waals surface area contributed by atoms with E-state index in [1.165, 1.54) is 11.1 Å². The minimum Gasteiger partial charge on any atom is -0.337 e. The first-order valence-corrected chi connectivity index (χ1v) is 13.8. The maximum absolute atomic E-state index is 13.7. The summed E-state index contributed by atoms with van der Waals surface area (Å²) >= 11 is 0. The third-order valence-electron chi connectivity index (χ3n) is 7.98. The largest absolute Gasteiger partial charge is 0.337 e. The molecular weight excluding hydrogens is 474 g/mol. The van der Waals surface area contributed by atoms with E-state index in [9.17, 15) is 9.59 Å². The van der Waals surface area contributed by atoms with Crippen LogP contribution in [0.5, 0.6) is 0 Å². The maximum Gasteiger partial charge on any atom is 0.223 e. The number of aryl methyl sites for hydroxylation is 1. The summed E-state index contributed by atoms with van der Waals surface area (Å²) in [5.74, 6) is 0.219. The van der Waals surface area contributed by atoms with Gasteiger partial charge in [-0.3, -0.25) is 24.5 Å². The zero-order chi connectivity index (χ0) is 26.3. The second-order valence-electron chi connectivity index (χ2n) is 10.5. The topological polar surface area (TPSA) is 69.6 Å². The summed E-state index contributed by atoms with van der Waals surface area (Å²) in [7, 11) is 0.